The molecule has 4 nitrogen and oxygen atoms in total. The highest BCUT2D eigenvalue weighted by Gasteiger charge is 2.19. The highest BCUT2D eigenvalue weighted by atomic mass is 16.5. The summed E-state index contributed by atoms with van der Waals surface area (Å²) >= 11 is 0. The van der Waals surface area contributed by atoms with E-state index in [9.17, 15) is 4.79 Å². The summed E-state index contributed by atoms with van der Waals surface area (Å²) in [5.74, 6) is 0.412. The van der Waals surface area contributed by atoms with Crippen LogP contribution >= 0.6 is 0 Å². The van der Waals surface area contributed by atoms with Crippen molar-refractivity contribution in [3.05, 3.63) is 29.8 Å². The molecule has 0 N–H and O–H groups in total. The van der Waals surface area contributed by atoms with E-state index in [4.69, 9.17) is 14.2 Å². The molecule has 4 heteroatoms. The first kappa shape index (κ1) is 13.1. The Balaban J connectivity index is 3.32. The predicted octanol–water partition coefficient (Wildman–Crippen LogP) is 2.52. The van der Waals surface area contributed by atoms with Gasteiger partial charge in [0.15, 0.2) is 11.5 Å². The maximum atomic E-state index is 11.7. The largest absolute Gasteiger partial charge is 0.492 e. The number of carbonyl (C=O) groups excluding carboxylic acids is 1. The molecule has 0 spiro atoms. The van der Waals surface area contributed by atoms with Gasteiger partial charge in [0.25, 0.3) is 0 Å². The Bertz CT molecular complexity index is 424. The molecule has 17 heavy (non-hydrogen) atoms. The van der Waals surface area contributed by atoms with Crippen LogP contribution in [0.4, 0.5) is 0 Å². The van der Waals surface area contributed by atoms with Gasteiger partial charge in [0.1, 0.15) is 5.56 Å². The third-order valence-corrected chi connectivity index (χ3v) is 2.27. The predicted molar refractivity (Wildman–Crippen MR) is 65.6 cm³/mol. The zero-order chi connectivity index (χ0) is 12.8. The van der Waals surface area contributed by atoms with Gasteiger partial charge in [-0.15, -0.1) is 0 Å². The van der Waals surface area contributed by atoms with Crippen LogP contribution in [-0.4, -0.2) is 26.8 Å². The molecule has 0 aliphatic carbocycles. The fraction of sp³-hybridized carbons (Fsp3) is 0.308. The maximum Gasteiger partial charge on any atom is 0.342 e. The highest BCUT2D eigenvalue weighted by Crippen LogP contribution is 2.35. The van der Waals surface area contributed by atoms with Crippen LogP contribution in [0.15, 0.2) is 18.7 Å². The second-order valence-electron chi connectivity index (χ2n) is 3.19. The summed E-state index contributed by atoms with van der Waals surface area (Å²) < 4.78 is 15.4. The molecule has 0 amide bonds. The number of esters is 1. The molecular weight excluding hydrogens is 220 g/mol. The Morgan fingerprint density at radius 1 is 1.29 bits per heavy atom. The van der Waals surface area contributed by atoms with E-state index in [-0.39, 0.29) is 0 Å². The van der Waals surface area contributed by atoms with Gasteiger partial charge < -0.3 is 14.2 Å². The maximum absolute atomic E-state index is 11.7. The van der Waals surface area contributed by atoms with Crippen molar-refractivity contribution in [1.29, 1.82) is 0 Å². The van der Waals surface area contributed by atoms with Crippen LogP contribution in [0.3, 0.4) is 0 Å². The van der Waals surface area contributed by atoms with Crippen LogP contribution in [0.1, 0.15) is 22.8 Å². The van der Waals surface area contributed by atoms with Crippen LogP contribution < -0.4 is 9.47 Å². The highest BCUT2D eigenvalue weighted by molar-refractivity contribution is 5.94. The van der Waals surface area contributed by atoms with Crippen molar-refractivity contribution < 1.29 is 19.0 Å². The van der Waals surface area contributed by atoms with E-state index in [0.717, 1.165) is 5.56 Å². The van der Waals surface area contributed by atoms with Crippen molar-refractivity contribution in [2.45, 2.75) is 6.92 Å². The zero-order valence-corrected chi connectivity index (χ0v) is 10.3. The van der Waals surface area contributed by atoms with Gasteiger partial charge in [-0.1, -0.05) is 18.7 Å². The first-order valence-corrected chi connectivity index (χ1v) is 5.24. The molecule has 0 saturated carbocycles. The van der Waals surface area contributed by atoms with Gasteiger partial charge in [0.05, 0.1) is 20.8 Å². The Morgan fingerprint density at radius 2 is 1.94 bits per heavy atom. The third kappa shape index (κ3) is 2.58. The lowest BCUT2D eigenvalue weighted by Crippen LogP contribution is -2.08. The van der Waals surface area contributed by atoms with E-state index < -0.39 is 5.97 Å². The number of benzene rings is 1. The van der Waals surface area contributed by atoms with Crippen molar-refractivity contribution in [3.8, 4) is 11.5 Å². The molecule has 0 aliphatic heterocycles. The Kier molecular flexibility index (Phi) is 4.57. The lowest BCUT2D eigenvalue weighted by molar-refractivity contribution is 0.0522. The number of hydrogen-bond donors (Lipinski definition) is 0. The SMILES string of the molecule is C=Cc1ccc(C(=O)OCC)c(OC)c1OC. The fourth-order valence-corrected chi connectivity index (χ4v) is 1.52. The lowest BCUT2D eigenvalue weighted by atomic mass is 10.1. The summed E-state index contributed by atoms with van der Waals surface area (Å²) in [7, 11) is 2.99. The number of hydrogen-bond acceptors (Lipinski definition) is 4. The van der Waals surface area contributed by atoms with Gasteiger partial charge in [0, 0.05) is 5.56 Å². The Labute approximate surface area is 101 Å². The van der Waals surface area contributed by atoms with Crippen LogP contribution in [-0.2, 0) is 4.74 Å². The van der Waals surface area contributed by atoms with Crippen molar-refractivity contribution in [3.63, 3.8) is 0 Å². The first-order chi connectivity index (χ1) is 8.19. The fourth-order valence-electron chi connectivity index (χ4n) is 1.52. The van der Waals surface area contributed by atoms with E-state index in [1.165, 1.54) is 14.2 Å². The van der Waals surface area contributed by atoms with Crippen molar-refractivity contribution in [2.75, 3.05) is 20.8 Å². The van der Waals surface area contributed by atoms with Gasteiger partial charge in [-0.2, -0.15) is 0 Å². The molecule has 0 aliphatic rings. The molecule has 1 rings (SSSR count). The third-order valence-electron chi connectivity index (χ3n) is 2.27. The van der Waals surface area contributed by atoms with Crippen molar-refractivity contribution in [1.82, 2.24) is 0 Å². The second kappa shape index (κ2) is 5.94. The number of carbonyl (C=O) groups is 1. The van der Waals surface area contributed by atoms with Gasteiger partial charge in [-0.3, -0.25) is 0 Å². The summed E-state index contributed by atoms with van der Waals surface area (Å²) in [6.07, 6.45) is 1.64. The molecule has 0 unspecified atom stereocenters. The van der Waals surface area contributed by atoms with E-state index in [1.54, 1.807) is 25.1 Å². The number of rotatable bonds is 5. The number of methoxy groups -OCH3 is 2. The standard InChI is InChI=1S/C13H16O4/c1-5-9-7-8-10(13(14)17-6-2)12(16-4)11(9)15-3/h5,7-8H,1,6H2,2-4H3. The summed E-state index contributed by atoms with van der Waals surface area (Å²) in [4.78, 5) is 11.7. The Morgan fingerprint density at radius 3 is 2.41 bits per heavy atom. The average molecular weight is 236 g/mol. The van der Waals surface area contributed by atoms with E-state index >= 15 is 0 Å². The van der Waals surface area contributed by atoms with Crippen LogP contribution in [0.25, 0.3) is 6.08 Å². The van der Waals surface area contributed by atoms with Crippen LogP contribution in [0.2, 0.25) is 0 Å². The summed E-state index contributed by atoms with van der Waals surface area (Å²) in [6.45, 7) is 5.74. The van der Waals surface area contributed by atoms with E-state index in [2.05, 4.69) is 6.58 Å². The lowest BCUT2D eigenvalue weighted by Gasteiger charge is -2.14. The summed E-state index contributed by atoms with van der Waals surface area (Å²) in [6, 6.07) is 3.37. The van der Waals surface area contributed by atoms with E-state index in [0.29, 0.717) is 23.7 Å². The molecule has 1 aromatic carbocycles. The minimum Gasteiger partial charge on any atom is -0.492 e. The number of ether oxygens (including phenoxy) is 3. The molecule has 0 radical (unpaired) electrons. The van der Waals surface area contributed by atoms with Gasteiger partial charge in [0.2, 0.25) is 0 Å². The smallest absolute Gasteiger partial charge is 0.342 e. The first-order valence-electron chi connectivity index (χ1n) is 5.24. The van der Waals surface area contributed by atoms with Gasteiger partial charge in [-0.25, -0.2) is 4.79 Å². The zero-order valence-electron chi connectivity index (χ0n) is 10.3. The molecule has 0 atom stereocenters. The molecule has 1 aromatic rings. The molecular formula is C13H16O4. The second-order valence-corrected chi connectivity index (χ2v) is 3.19. The molecule has 0 bridgehead atoms. The van der Waals surface area contributed by atoms with Crippen LogP contribution in [0, 0.1) is 0 Å². The quantitative estimate of drug-likeness (QED) is 0.737. The summed E-state index contributed by atoms with van der Waals surface area (Å²) in [5.41, 5.74) is 1.11. The Hall–Kier alpha value is -1.97. The molecule has 0 aromatic heterocycles. The van der Waals surface area contributed by atoms with Gasteiger partial charge in [-0.05, 0) is 13.0 Å². The minimum atomic E-state index is -0.432. The average Bonchev–Trinajstić information content (AvgIpc) is 2.36. The monoisotopic (exact) mass is 236 g/mol. The summed E-state index contributed by atoms with van der Waals surface area (Å²) in [5, 5.41) is 0. The molecule has 0 saturated heterocycles. The van der Waals surface area contributed by atoms with Crippen LogP contribution in [0.5, 0.6) is 11.5 Å². The molecule has 0 heterocycles. The molecule has 92 valence electrons. The van der Waals surface area contributed by atoms with E-state index in [1.807, 2.05) is 0 Å². The molecule has 0 fully saturated rings. The minimum absolute atomic E-state index is 0.313. The normalized spacial score (nSPS) is 9.59. The van der Waals surface area contributed by atoms with Crippen molar-refractivity contribution in [2.24, 2.45) is 0 Å². The topological polar surface area (TPSA) is 44.8 Å². The van der Waals surface area contributed by atoms with Gasteiger partial charge >= 0.3 is 5.97 Å². The van der Waals surface area contributed by atoms with Crippen molar-refractivity contribution >= 4 is 12.0 Å².